The first-order valence-corrected chi connectivity index (χ1v) is 4.51. The second-order valence-electron chi connectivity index (χ2n) is 2.70. The average Bonchev–Trinajstić information content (AvgIpc) is 2.19. The molecule has 0 amide bonds. The van der Waals surface area contributed by atoms with Gasteiger partial charge in [-0.05, 0) is 18.9 Å². The molecule has 0 aromatic carbocycles. The summed E-state index contributed by atoms with van der Waals surface area (Å²) in [5.74, 6) is -0.768. The molecule has 0 atom stereocenters. The Hall–Kier alpha value is -0.855. The molecule has 13 heavy (non-hydrogen) atoms. The SMILES string of the molecule is BCC(=C/C)/C=C(CC)\C(F)=C\F. The van der Waals surface area contributed by atoms with Crippen molar-refractivity contribution in [3.8, 4) is 0 Å². The molecule has 0 N–H and O–H groups in total. The third kappa shape index (κ3) is 4.06. The highest BCUT2D eigenvalue weighted by Gasteiger charge is 2.02. The quantitative estimate of drug-likeness (QED) is 0.465. The maximum atomic E-state index is 12.8. The summed E-state index contributed by atoms with van der Waals surface area (Å²) in [7, 11) is 1.98. The predicted octanol–water partition coefficient (Wildman–Crippen LogP) is 3.10. The van der Waals surface area contributed by atoms with Crippen LogP contribution in [0.5, 0.6) is 0 Å². The van der Waals surface area contributed by atoms with Crippen molar-refractivity contribution >= 4 is 7.85 Å². The van der Waals surface area contributed by atoms with E-state index in [0.29, 0.717) is 12.0 Å². The van der Waals surface area contributed by atoms with Gasteiger partial charge < -0.3 is 0 Å². The summed E-state index contributed by atoms with van der Waals surface area (Å²) < 4.78 is 24.7. The van der Waals surface area contributed by atoms with Gasteiger partial charge in [0.15, 0.2) is 5.83 Å². The Kier molecular flexibility index (Phi) is 6.20. The highest BCUT2D eigenvalue weighted by atomic mass is 19.2. The fourth-order valence-corrected chi connectivity index (χ4v) is 1.02. The van der Waals surface area contributed by atoms with Gasteiger partial charge in [0.1, 0.15) is 14.2 Å². The first-order valence-electron chi connectivity index (χ1n) is 4.51. The van der Waals surface area contributed by atoms with Gasteiger partial charge in [0.2, 0.25) is 0 Å². The van der Waals surface area contributed by atoms with Crippen LogP contribution in [0.3, 0.4) is 0 Å². The van der Waals surface area contributed by atoms with Crippen molar-refractivity contribution in [1.29, 1.82) is 0 Å². The van der Waals surface area contributed by atoms with Crippen molar-refractivity contribution in [3.05, 3.63) is 35.5 Å². The second kappa shape index (κ2) is 6.64. The minimum atomic E-state index is -0.768. The maximum Gasteiger partial charge on any atom is 0.154 e. The number of halogens is 2. The van der Waals surface area contributed by atoms with E-state index in [-0.39, 0.29) is 6.33 Å². The van der Waals surface area contributed by atoms with Crippen molar-refractivity contribution in [1.82, 2.24) is 0 Å². The molecule has 0 unspecified atom stereocenters. The van der Waals surface area contributed by atoms with Gasteiger partial charge in [-0.1, -0.05) is 31.0 Å². The molecular weight excluding hydrogens is 169 g/mol. The normalized spacial score (nSPS) is 14.9. The third-order valence-electron chi connectivity index (χ3n) is 1.92. The lowest BCUT2D eigenvalue weighted by Gasteiger charge is -2.01. The molecule has 0 nitrogen and oxygen atoms in total. The van der Waals surface area contributed by atoms with Gasteiger partial charge in [0.05, 0.1) is 0 Å². The van der Waals surface area contributed by atoms with Crippen molar-refractivity contribution in [2.45, 2.75) is 26.6 Å². The number of allylic oxidation sites excluding steroid dienone is 5. The third-order valence-corrected chi connectivity index (χ3v) is 1.92. The first-order chi connectivity index (χ1) is 6.19. The van der Waals surface area contributed by atoms with Gasteiger partial charge >= 0.3 is 0 Å². The molecule has 0 saturated heterocycles. The van der Waals surface area contributed by atoms with E-state index in [9.17, 15) is 8.78 Å². The van der Waals surface area contributed by atoms with Gasteiger partial charge in [0, 0.05) is 0 Å². The van der Waals surface area contributed by atoms with Crippen LogP contribution >= 0.6 is 0 Å². The fourth-order valence-electron chi connectivity index (χ4n) is 1.02. The summed E-state index contributed by atoms with van der Waals surface area (Å²) in [6.45, 7) is 3.69. The zero-order valence-electron chi connectivity index (χ0n) is 8.40. The van der Waals surface area contributed by atoms with E-state index < -0.39 is 5.83 Å². The van der Waals surface area contributed by atoms with Gasteiger partial charge in [-0.2, -0.15) is 0 Å². The molecule has 0 aromatic heterocycles. The lowest BCUT2D eigenvalue weighted by Crippen LogP contribution is -1.85. The van der Waals surface area contributed by atoms with Crippen LogP contribution in [0.15, 0.2) is 35.5 Å². The van der Waals surface area contributed by atoms with Crippen LogP contribution in [0, 0.1) is 0 Å². The summed E-state index contributed by atoms with van der Waals surface area (Å²) in [5.41, 5.74) is 1.44. The topological polar surface area (TPSA) is 0 Å². The lowest BCUT2D eigenvalue weighted by atomic mass is 9.94. The van der Waals surface area contributed by atoms with E-state index in [1.54, 1.807) is 13.0 Å². The zero-order valence-corrected chi connectivity index (χ0v) is 8.40. The van der Waals surface area contributed by atoms with Crippen LogP contribution in [0.2, 0.25) is 6.32 Å². The molecule has 0 heterocycles. The molecule has 0 aliphatic heterocycles. The molecule has 3 heteroatoms. The average molecular weight is 184 g/mol. The highest BCUT2D eigenvalue weighted by molar-refractivity contribution is 6.10. The molecule has 0 fully saturated rings. The smallest absolute Gasteiger partial charge is 0.154 e. The molecule has 0 aliphatic carbocycles. The standard InChI is InChI=1S/C10H15BF2/c1-3-8(6-11)5-9(4-2)10(13)7-12/h3,5,7H,4,6,11H2,1-2H3/b8-3+,9-5-,10-7-. The largest absolute Gasteiger partial charge is 0.212 e. The minimum absolute atomic E-state index is 0.0122. The molecule has 0 radical (unpaired) electrons. The molecule has 0 saturated carbocycles. The Morgan fingerprint density at radius 3 is 2.38 bits per heavy atom. The van der Waals surface area contributed by atoms with E-state index in [2.05, 4.69) is 0 Å². The van der Waals surface area contributed by atoms with E-state index >= 15 is 0 Å². The van der Waals surface area contributed by atoms with Gasteiger partial charge in [-0.3, -0.25) is 0 Å². The van der Waals surface area contributed by atoms with Crippen LogP contribution < -0.4 is 0 Å². The molecular formula is C10H15BF2. The van der Waals surface area contributed by atoms with Gasteiger partial charge in [-0.15, -0.1) is 0 Å². The number of rotatable bonds is 4. The van der Waals surface area contributed by atoms with Crippen molar-refractivity contribution in [2.24, 2.45) is 0 Å². The Morgan fingerprint density at radius 2 is 2.08 bits per heavy atom. The van der Waals surface area contributed by atoms with Crippen molar-refractivity contribution in [2.75, 3.05) is 0 Å². The number of hydrogen-bond acceptors (Lipinski definition) is 0. The maximum absolute atomic E-state index is 12.8. The van der Waals surface area contributed by atoms with Crippen LogP contribution in [-0.4, -0.2) is 7.85 Å². The van der Waals surface area contributed by atoms with Gasteiger partial charge in [0.25, 0.3) is 0 Å². The van der Waals surface area contributed by atoms with Crippen LogP contribution in [0.1, 0.15) is 20.3 Å². The summed E-state index contributed by atoms with van der Waals surface area (Å²) >= 11 is 0. The molecule has 0 bridgehead atoms. The zero-order chi connectivity index (χ0) is 10.3. The minimum Gasteiger partial charge on any atom is -0.212 e. The number of hydrogen-bond donors (Lipinski definition) is 0. The Morgan fingerprint density at radius 1 is 1.46 bits per heavy atom. The summed E-state index contributed by atoms with van der Waals surface area (Å²) in [6, 6.07) is 0. The van der Waals surface area contributed by atoms with E-state index in [1.807, 2.05) is 20.8 Å². The van der Waals surface area contributed by atoms with Crippen LogP contribution in [-0.2, 0) is 0 Å². The highest BCUT2D eigenvalue weighted by Crippen LogP contribution is 2.18. The summed E-state index contributed by atoms with van der Waals surface area (Å²) in [5, 5.41) is 0. The lowest BCUT2D eigenvalue weighted by molar-refractivity contribution is 0.589. The first kappa shape index (κ1) is 12.1. The summed E-state index contributed by atoms with van der Waals surface area (Å²) in [4.78, 5) is 0. The van der Waals surface area contributed by atoms with Crippen LogP contribution in [0.25, 0.3) is 0 Å². The Labute approximate surface area is 79.4 Å². The molecule has 0 aromatic rings. The summed E-state index contributed by atoms with van der Waals surface area (Å²) in [6.07, 6.45) is 4.95. The molecule has 0 spiro atoms. The monoisotopic (exact) mass is 184 g/mol. The van der Waals surface area contributed by atoms with Gasteiger partial charge in [-0.25, -0.2) is 8.78 Å². The van der Waals surface area contributed by atoms with Crippen LogP contribution in [0.4, 0.5) is 8.78 Å². The van der Waals surface area contributed by atoms with E-state index in [0.717, 1.165) is 11.9 Å². The van der Waals surface area contributed by atoms with E-state index in [4.69, 9.17) is 0 Å². The fraction of sp³-hybridized carbons (Fsp3) is 0.400. The molecule has 72 valence electrons. The van der Waals surface area contributed by atoms with Crippen molar-refractivity contribution < 1.29 is 8.78 Å². The molecule has 0 rings (SSSR count). The van der Waals surface area contributed by atoms with E-state index in [1.165, 1.54) is 0 Å². The molecule has 0 aliphatic rings. The predicted molar refractivity (Wildman–Crippen MR) is 55.8 cm³/mol. The van der Waals surface area contributed by atoms with Crippen molar-refractivity contribution in [3.63, 3.8) is 0 Å². The second-order valence-corrected chi connectivity index (χ2v) is 2.70. The Bertz CT molecular complexity index is 239. The Balaban J connectivity index is 4.75.